The first kappa shape index (κ1) is 19.0. The van der Waals surface area contributed by atoms with Crippen LogP contribution in [0.1, 0.15) is 24.4 Å². The highest BCUT2D eigenvalue weighted by atomic mass is 35.5. The van der Waals surface area contributed by atoms with Crippen molar-refractivity contribution in [2.45, 2.75) is 19.9 Å². The van der Waals surface area contributed by atoms with Gasteiger partial charge in [-0.3, -0.25) is 0 Å². The second kappa shape index (κ2) is 8.27. The zero-order valence-electron chi connectivity index (χ0n) is 15.8. The van der Waals surface area contributed by atoms with Gasteiger partial charge in [-0.2, -0.15) is 0 Å². The monoisotopic (exact) mass is 383 g/mol. The molecule has 1 atom stereocenters. The number of methoxy groups -OCH3 is 2. The van der Waals surface area contributed by atoms with Crippen LogP contribution < -0.4 is 14.8 Å². The molecule has 2 aromatic carbocycles. The van der Waals surface area contributed by atoms with E-state index in [9.17, 15) is 0 Å². The quantitative estimate of drug-likeness (QED) is 0.626. The number of ether oxygens (including phenoxy) is 2. The summed E-state index contributed by atoms with van der Waals surface area (Å²) in [4.78, 5) is 9.05. The predicted octanol–water partition coefficient (Wildman–Crippen LogP) is 5.30. The molecule has 5 nitrogen and oxygen atoms in total. The maximum Gasteiger partial charge on any atom is 0.130 e. The number of rotatable bonds is 6. The van der Waals surface area contributed by atoms with Gasteiger partial charge in [-0.25, -0.2) is 9.97 Å². The molecule has 1 aromatic heterocycles. The van der Waals surface area contributed by atoms with Gasteiger partial charge in [-0.05, 0) is 49.7 Å². The van der Waals surface area contributed by atoms with E-state index in [1.165, 1.54) is 0 Å². The third-order valence-electron chi connectivity index (χ3n) is 4.25. The summed E-state index contributed by atoms with van der Waals surface area (Å²) in [5, 5.41) is 4.04. The highest BCUT2D eigenvalue weighted by Crippen LogP contribution is 2.32. The van der Waals surface area contributed by atoms with Gasteiger partial charge in [0.05, 0.1) is 31.0 Å². The number of aromatic nitrogens is 2. The van der Waals surface area contributed by atoms with Crippen LogP contribution in [0.5, 0.6) is 11.5 Å². The minimum Gasteiger partial charge on any atom is -0.497 e. The Bertz CT molecular complexity index is 946. The Morgan fingerprint density at radius 1 is 0.963 bits per heavy atom. The minimum absolute atomic E-state index is 0.0445. The van der Waals surface area contributed by atoms with E-state index in [2.05, 4.69) is 22.2 Å². The summed E-state index contributed by atoms with van der Waals surface area (Å²) in [5.74, 6) is 2.94. The Balaban J connectivity index is 1.91. The van der Waals surface area contributed by atoms with Crippen LogP contribution in [0.15, 0.2) is 48.5 Å². The smallest absolute Gasteiger partial charge is 0.130 e. The van der Waals surface area contributed by atoms with Gasteiger partial charge < -0.3 is 14.8 Å². The minimum atomic E-state index is 0.0445. The molecule has 0 unspecified atom stereocenters. The lowest BCUT2D eigenvalue weighted by molar-refractivity contribution is 0.414. The molecule has 0 aliphatic rings. The fraction of sp³-hybridized carbons (Fsp3) is 0.238. The van der Waals surface area contributed by atoms with Crippen LogP contribution in [0.4, 0.5) is 5.82 Å². The van der Waals surface area contributed by atoms with Crippen molar-refractivity contribution < 1.29 is 9.47 Å². The molecule has 0 spiro atoms. The second-order valence-corrected chi connectivity index (χ2v) is 6.58. The van der Waals surface area contributed by atoms with Crippen molar-refractivity contribution in [3.63, 3.8) is 0 Å². The maximum absolute atomic E-state index is 6.38. The molecule has 0 bridgehead atoms. The van der Waals surface area contributed by atoms with Crippen LogP contribution in [-0.4, -0.2) is 24.2 Å². The van der Waals surface area contributed by atoms with Gasteiger partial charge in [0.15, 0.2) is 0 Å². The number of nitrogens with zero attached hydrogens (tertiary/aromatic N) is 2. The highest BCUT2D eigenvalue weighted by molar-refractivity contribution is 6.33. The normalized spacial score (nSPS) is 11.7. The van der Waals surface area contributed by atoms with Crippen LogP contribution in [0.3, 0.4) is 0 Å². The predicted molar refractivity (Wildman–Crippen MR) is 109 cm³/mol. The van der Waals surface area contributed by atoms with Crippen molar-refractivity contribution >= 4 is 17.4 Å². The van der Waals surface area contributed by atoms with Crippen molar-refractivity contribution in [2.75, 3.05) is 19.5 Å². The van der Waals surface area contributed by atoms with Gasteiger partial charge in [0.2, 0.25) is 0 Å². The van der Waals surface area contributed by atoms with E-state index >= 15 is 0 Å². The average molecular weight is 384 g/mol. The van der Waals surface area contributed by atoms with Crippen LogP contribution in [0.25, 0.3) is 11.3 Å². The van der Waals surface area contributed by atoms with E-state index in [1.807, 2.05) is 49.4 Å². The third kappa shape index (κ3) is 4.49. The number of halogens is 1. The largest absolute Gasteiger partial charge is 0.497 e. The van der Waals surface area contributed by atoms with Crippen LogP contribution in [0, 0.1) is 6.92 Å². The molecule has 0 radical (unpaired) electrons. The SMILES string of the molecule is COc1cccc([C@H](C)Nc2cc(-c3cc(OC)ccc3Cl)nc(C)n2)c1. The molecular weight excluding hydrogens is 362 g/mol. The molecular formula is C21H22ClN3O2. The van der Waals surface area contributed by atoms with Gasteiger partial charge >= 0.3 is 0 Å². The van der Waals surface area contributed by atoms with E-state index in [0.29, 0.717) is 10.8 Å². The summed E-state index contributed by atoms with van der Waals surface area (Å²) in [5.41, 5.74) is 2.65. The van der Waals surface area contributed by atoms with Crippen molar-refractivity contribution in [1.29, 1.82) is 0 Å². The van der Waals surface area contributed by atoms with Crippen LogP contribution in [-0.2, 0) is 0 Å². The van der Waals surface area contributed by atoms with Gasteiger partial charge in [-0.15, -0.1) is 0 Å². The Hall–Kier alpha value is -2.79. The van der Waals surface area contributed by atoms with E-state index in [4.69, 9.17) is 21.1 Å². The van der Waals surface area contributed by atoms with Gasteiger partial charge in [0, 0.05) is 11.6 Å². The van der Waals surface area contributed by atoms with E-state index in [0.717, 1.165) is 34.1 Å². The lowest BCUT2D eigenvalue weighted by atomic mass is 10.1. The van der Waals surface area contributed by atoms with Gasteiger partial charge in [0.1, 0.15) is 23.1 Å². The fourth-order valence-electron chi connectivity index (χ4n) is 2.82. The molecule has 0 aliphatic carbocycles. The molecule has 140 valence electrons. The topological polar surface area (TPSA) is 56.3 Å². The number of anilines is 1. The number of benzene rings is 2. The van der Waals surface area contributed by atoms with Gasteiger partial charge in [0.25, 0.3) is 0 Å². The Kier molecular flexibility index (Phi) is 5.81. The summed E-state index contributed by atoms with van der Waals surface area (Å²) in [6.07, 6.45) is 0. The molecule has 1 heterocycles. The number of hydrogen-bond donors (Lipinski definition) is 1. The molecule has 27 heavy (non-hydrogen) atoms. The Morgan fingerprint density at radius 2 is 1.70 bits per heavy atom. The third-order valence-corrected chi connectivity index (χ3v) is 4.58. The maximum atomic E-state index is 6.38. The number of aryl methyl sites for hydroxylation is 1. The standard InChI is InChI=1S/C21H22ClN3O2/c1-13(15-6-5-7-16(10-15)26-3)23-21-12-20(24-14(2)25-21)18-11-17(27-4)8-9-19(18)22/h5-13H,1-4H3,(H,23,24,25)/t13-/m0/s1. The second-order valence-electron chi connectivity index (χ2n) is 6.17. The number of hydrogen-bond acceptors (Lipinski definition) is 5. The molecule has 3 rings (SSSR count). The molecule has 0 saturated heterocycles. The van der Waals surface area contributed by atoms with Crippen LogP contribution >= 0.6 is 11.6 Å². The molecule has 0 aliphatic heterocycles. The summed E-state index contributed by atoms with van der Waals surface area (Å²) >= 11 is 6.38. The first-order valence-electron chi connectivity index (χ1n) is 8.60. The molecule has 0 saturated carbocycles. The van der Waals surface area contributed by atoms with E-state index in [-0.39, 0.29) is 6.04 Å². The molecule has 6 heteroatoms. The highest BCUT2D eigenvalue weighted by Gasteiger charge is 2.12. The Labute approximate surface area is 164 Å². The van der Waals surface area contributed by atoms with Crippen LogP contribution in [0.2, 0.25) is 5.02 Å². The first-order chi connectivity index (χ1) is 13.0. The summed E-state index contributed by atoms with van der Waals surface area (Å²) < 4.78 is 10.6. The molecule has 0 amide bonds. The molecule has 1 N–H and O–H groups in total. The zero-order valence-corrected chi connectivity index (χ0v) is 16.5. The summed E-state index contributed by atoms with van der Waals surface area (Å²) in [7, 11) is 3.29. The van der Waals surface area contributed by atoms with Gasteiger partial charge in [-0.1, -0.05) is 23.7 Å². The van der Waals surface area contributed by atoms with Crippen molar-refractivity contribution in [1.82, 2.24) is 9.97 Å². The summed E-state index contributed by atoms with van der Waals surface area (Å²) in [6.45, 7) is 3.93. The first-order valence-corrected chi connectivity index (χ1v) is 8.98. The van der Waals surface area contributed by atoms with Crippen molar-refractivity contribution in [3.05, 3.63) is 64.9 Å². The fourth-order valence-corrected chi connectivity index (χ4v) is 3.04. The lowest BCUT2D eigenvalue weighted by Crippen LogP contribution is -2.09. The Morgan fingerprint density at radius 3 is 2.44 bits per heavy atom. The summed E-state index contributed by atoms with van der Waals surface area (Å²) in [6, 6.07) is 15.4. The zero-order chi connectivity index (χ0) is 19.4. The van der Waals surface area contributed by atoms with Crippen molar-refractivity contribution in [3.8, 4) is 22.8 Å². The lowest BCUT2D eigenvalue weighted by Gasteiger charge is -2.17. The number of nitrogens with one attached hydrogen (secondary N) is 1. The molecule has 3 aromatic rings. The average Bonchev–Trinajstić information content (AvgIpc) is 2.68. The van der Waals surface area contributed by atoms with Crippen molar-refractivity contribution in [2.24, 2.45) is 0 Å². The molecule has 0 fully saturated rings. The van der Waals surface area contributed by atoms with E-state index in [1.54, 1.807) is 20.3 Å². The van der Waals surface area contributed by atoms with E-state index < -0.39 is 0 Å².